The maximum Gasteiger partial charge on any atom is 0.295 e. The summed E-state index contributed by atoms with van der Waals surface area (Å²) < 4.78 is 30.3. The molecule has 0 aliphatic heterocycles. The van der Waals surface area contributed by atoms with Crippen LogP contribution in [0.25, 0.3) is 11.0 Å². The van der Waals surface area contributed by atoms with Crippen molar-refractivity contribution < 1.29 is 18.3 Å². The smallest absolute Gasteiger partial charge is 0.295 e. The van der Waals surface area contributed by atoms with Gasteiger partial charge in [0.05, 0.1) is 18.1 Å². The van der Waals surface area contributed by atoms with Crippen LogP contribution >= 0.6 is 11.3 Å². The van der Waals surface area contributed by atoms with Gasteiger partial charge < -0.3 is 15.0 Å². The van der Waals surface area contributed by atoms with Crippen molar-refractivity contribution in [3.8, 4) is 5.75 Å². The van der Waals surface area contributed by atoms with Gasteiger partial charge in [-0.2, -0.15) is 0 Å². The zero-order valence-corrected chi connectivity index (χ0v) is 12.2. The number of alkyl halides is 2. The van der Waals surface area contributed by atoms with Crippen molar-refractivity contribution in [3.05, 3.63) is 40.3 Å². The van der Waals surface area contributed by atoms with E-state index >= 15 is 0 Å². The van der Waals surface area contributed by atoms with E-state index in [0.717, 1.165) is 0 Å². The second-order valence-electron chi connectivity index (χ2n) is 4.43. The minimum absolute atomic E-state index is 0.320. The van der Waals surface area contributed by atoms with Gasteiger partial charge >= 0.3 is 0 Å². The first-order chi connectivity index (χ1) is 10.6. The van der Waals surface area contributed by atoms with Gasteiger partial charge in [0.1, 0.15) is 10.6 Å². The number of benzene rings is 1. The molecule has 1 amide bonds. The van der Waals surface area contributed by atoms with Gasteiger partial charge in [0.2, 0.25) is 0 Å². The molecule has 0 unspecified atom stereocenters. The highest BCUT2D eigenvalue weighted by Crippen LogP contribution is 2.26. The normalized spacial score (nSPS) is 11.1. The molecule has 5 nitrogen and oxygen atoms in total. The second kappa shape index (κ2) is 5.72. The van der Waals surface area contributed by atoms with E-state index in [-0.39, 0.29) is 5.91 Å². The third-order valence-electron chi connectivity index (χ3n) is 3.02. The van der Waals surface area contributed by atoms with Gasteiger partial charge in [-0.15, -0.1) is 11.3 Å². The molecule has 0 aliphatic carbocycles. The number of aromatic nitrogens is 2. The number of carbonyl (C=O) groups is 1. The van der Waals surface area contributed by atoms with Crippen LogP contribution in [0.15, 0.2) is 29.6 Å². The molecule has 0 fully saturated rings. The number of fused-ring (bicyclic) bond motifs is 1. The monoisotopic (exact) mass is 323 g/mol. The Bertz CT molecular complexity index is 828. The Morgan fingerprint density at radius 2 is 2.23 bits per heavy atom. The number of halogens is 2. The Hall–Kier alpha value is -2.48. The predicted molar refractivity (Wildman–Crippen MR) is 79.9 cm³/mol. The van der Waals surface area contributed by atoms with E-state index in [4.69, 9.17) is 4.74 Å². The molecule has 22 heavy (non-hydrogen) atoms. The average molecular weight is 323 g/mol. The molecule has 0 radical (unpaired) electrons. The fourth-order valence-electron chi connectivity index (χ4n) is 2.02. The Morgan fingerprint density at radius 3 is 2.95 bits per heavy atom. The van der Waals surface area contributed by atoms with Crippen LogP contribution in [0, 0.1) is 0 Å². The summed E-state index contributed by atoms with van der Waals surface area (Å²) in [5.41, 5.74) is 1.34. The van der Waals surface area contributed by atoms with Crippen molar-refractivity contribution in [3.63, 3.8) is 0 Å². The van der Waals surface area contributed by atoms with E-state index < -0.39 is 12.2 Å². The maximum absolute atomic E-state index is 12.6. The summed E-state index contributed by atoms with van der Waals surface area (Å²) in [6.07, 6.45) is -2.67. The average Bonchev–Trinajstić information content (AvgIpc) is 3.12. The molecule has 3 aromatic rings. The topological polar surface area (TPSA) is 67.0 Å². The van der Waals surface area contributed by atoms with Crippen LogP contribution < -0.4 is 10.1 Å². The first kappa shape index (κ1) is 14.5. The van der Waals surface area contributed by atoms with Crippen molar-refractivity contribution in [2.24, 2.45) is 0 Å². The van der Waals surface area contributed by atoms with Crippen molar-refractivity contribution >= 4 is 34.0 Å². The minimum Gasteiger partial charge on any atom is -0.495 e. The lowest BCUT2D eigenvalue weighted by molar-refractivity contribution is 0.102. The second-order valence-corrected chi connectivity index (χ2v) is 5.34. The number of rotatable bonds is 4. The number of aromatic amines is 1. The molecule has 3 rings (SSSR count). The predicted octanol–water partition coefficient (Wildman–Crippen LogP) is 3.82. The van der Waals surface area contributed by atoms with Crippen LogP contribution in [0.1, 0.15) is 21.9 Å². The number of methoxy groups -OCH3 is 1. The number of anilines is 1. The summed E-state index contributed by atoms with van der Waals surface area (Å²) in [5.74, 6) is -0.219. The molecular formula is C14H11F2N3O2S. The fraction of sp³-hybridized carbons (Fsp3) is 0.143. The molecule has 1 aromatic carbocycles. The van der Waals surface area contributed by atoms with Gasteiger partial charge in [-0.05, 0) is 29.6 Å². The van der Waals surface area contributed by atoms with Gasteiger partial charge in [-0.25, -0.2) is 13.8 Å². The quantitative estimate of drug-likeness (QED) is 0.767. The van der Waals surface area contributed by atoms with E-state index in [2.05, 4.69) is 15.3 Å². The van der Waals surface area contributed by atoms with Crippen LogP contribution in [0.3, 0.4) is 0 Å². The fourth-order valence-corrected chi connectivity index (χ4v) is 2.78. The van der Waals surface area contributed by atoms with Crippen molar-refractivity contribution in [2.75, 3.05) is 12.4 Å². The van der Waals surface area contributed by atoms with Gasteiger partial charge in [-0.3, -0.25) is 4.79 Å². The highest BCUT2D eigenvalue weighted by atomic mass is 32.1. The van der Waals surface area contributed by atoms with Gasteiger partial charge in [-0.1, -0.05) is 0 Å². The zero-order chi connectivity index (χ0) is 15.7. The number of hydrogen-bond donors (Lipinski definition) is 2. The molecule has 0 aliphatic rings. The van der Waals surface area contributed by atoms with Gasteiger partial charge in [0.15, 0.2) is 5.82 Å². The first-order valence-electron chi connectivity index (χ1n) is 6.29. The lowest BCUT2D eigenvalue weighted by Crippen LogP contribution is -2.11. The highest BCUT2D eigenvalue weighted by Gasteiger charge is 2.16. The largest absolute Gasteiger partial charge is 0.495 e. The highest BCUT2D eigenvalue weighted by molar-refractivity contribution is 7.12. The zero-order valence-electron chi connectivity index (χ0n) is 11.4. The summed E-state index contributed by atoms with van der Waals surface area (Å²) in [7, 11) is 1.49. The number of imidazole rings is 1. The summed E-state index contributed by atoms with van der Waals surface area (Å²) in [4.78, 5) is 18.9. The number of H-pyrrole nitrogens is 1. The molecule has 2 aromatic heterocycles. The number of nitrogens with zero attached hydrogens (tertiary/aromatic N) is 1. The Balaban J connectivity index is 1.86. The maximum atomic E-state index is 12.6. The number of hydrogen-bond acceptors (Lipinski definition) is 4. The molecule has 2 heterocycles. The molecule has 2 N–H and O–H groups in total. The summed E-state index contributed by atoms with van der Waals surface area (Å²) in [6, 6.07) is 6.44. The molecule has 0 spiro atoms. The van der Waals surface area contributed by atoms with E-state index in [1.165, 1.54) is 18.4 Å². The molecule has 0 saturated heterocycles. The third-order valence-corrected chi connectivity index (χ3v) is 3.91. The number of thiophene rings is 1. The lowest BCUT2D eigenvalue weighted by Gasteiger charge is -2.05. The molecule has 0 bridgehead atoms. The van der Waals surface area contributed by atoms with E-state index in [0.29, 0.717) is 27.3 Å². The van der Waals surface area contributed by atoms with Crippen LogP contribution in [-0.4, -0.2) is 23.0 Å². The Labute approximate surface area is 127 Å². The van der Waals surface area contributed by atoms with E-state index in [1.54, 1.807) is 29.6 Å². The molecule has 0 atom stereocenters. The van der Waals surface area contributed by atoms with Crippen molar-refractivity contribution in [1.29, 1.82) is 0 Å². The van der Waals surface area contributed by atoms with Gasteiger partial charge in [0, 0.05) is 5.69 Å². The Kier molecular flexibility index (Phi) is 3.76. The SMILES string of the molecule is COc1ccsc1C(=O)Nc1ccc2nc(C(F)F)[nH]c2c1. The summed E-state index contributed by atoms with van der Waals surface area (Å²) in [5, 5.41) is 4.46. The number of carbonyl (C=O) groups excluding carboxylic acids is 1. The molecule has 114 valence electrons. The third kappa shape index (κ3) is 2.64. The van der Waals surface area contributed by atoms with Crippen molar-refractivity contribution in [1.82, 2.24) is 9.97 Å². The number of ether oxygens (including phenoxy) is 1. The standard InChI is InChI=1S/C14H11F2N3O2S/c1-21-10-4-5-22-11(10)14(20)17-7-2-3-8-9(6-7)19-13(18-8)12(15)16/h2-6,12H,1H3,(H,17,20)(H,18,19). The van der Waals surface area contributed by atoms with Crippen molar-refractivity contribution in [2.45, 2.75) is 6.43 Å². The van der Waals surface area contributed by atoms with Gasteiger partial charge in [0.25, 0.3) is 12.3 Å². The Morgan fingerprint density at radius 1 is 1.41 bits per heavy atom. The molecule has 8 heteroatoms. The van der Waals surface area contributed by atoms with Crippen LogP contribution in [0.4, 0.5) is 14.5 Å². The first-order valence-corrected chi connectivity index (χ1v) is 7.17. The van der Waals surface area contributed by atoms with Crippen LogP contribution in [0.2, 0.25) is 0 Å². The number of nitrogens with one attached hydrogen (secondary N) is 2. The molecule has 0 saturated carbocycles. The van der Waals surface area contributed by atoms with E-state index in [1.807, 2.05) is 0 Å². The molecular weight excluding hydrogens is 312 g/mol. The van der Waals surface area contributed by atoms with Crippen LogP contribution in [0.5, 0.6) is 5.75 Å². The van der Waals surface area contributed by atoms with E-state index in [9.17, 15) is 13.6 Å². The minimum atomic E-state index is -2.67. The number of amides is 1. The summed E-state index contributed by atoms with van der Waals surface area (Å²) >= 11 is 1.26. The summed E-state index contributed by atoms with van der Waals surface area (Å²) in [6.45, 7) is 0. The lowest BCUT2D eigenvalue weighted by atomic mass is 10.2. The van der Waals surface area contributed by atoms with Crippen LogP contribution in [-0.2, 0) is 0 Å².